The van der Waals surface area contributed by atoms with Gasteiger partial charge in [0.25, 0.3) is 15.9 Å². The molecule has 1 aromatic heterocycles. The third kappa shape index (κ3) is 3.53. The van der Waals surface area contributed by atoms with E-state index in [1.807, 2.05) is 34.6 Å². The molecule has 0 unspecified atom stereocenters. The standard InChI is InChI=1S/C24H26N2O4S/c1-14-15(2)17(4)23(18(5)16(14)3)31(28,29)25-20-8-9-21-19(13-20)10-11-26(21)24(27)22-7-6-12-30-22/h6-9,12-13,25H,10-11H2,1-5H3. The second-order valence-corrected chi connectivity index (χ2v) is 9.71. The van der Waals surface area contributed by atoms with Crippen molar-refractivity contribution in [1.29, 1.82) is 0 Å². The van der Waals surface area contributed by atoms with Crippen LogP contribution in [0.4, 0.5) is 11.4 Å². The third-order valence-corrected chi connectivity index (χ3v) is 8.06. The van der Waals surface area contributed by atoms with E-state index in [1.165, 1.54) is 6.26 Å². The highest BCUT2D eigenvalue weighted by Crippen LogP contribution is 2.34. The van der Waals surface area contributed by atoms with Crippen molar-refractivity contribution in [3.8, 4) is 0 Å². The molecule has 0 saturated carbocycles. The molecule has 162 valence electrons. The zero-order valence-electron chi connectivity index (χ0n) is 18.4. The summed E-state index contributed by atoms with van der Waals surface area (Å²) in [5.41, 5.74) is 6.82. The molecular formula is C24H26N2O4S. The molecule has 0 atom stereocenters. The molecule has 0 bridgehead atoms. The van der Waals surface area contributed by atoms with Crippen LogP contribution in [-0.2, 0) is 16.4 Å². The summed E-state index contributed by atoms with van der Waals surface area (Å²) in [6.07, 6.45) is 2.12. The molecule has 1 aliphatic heterocycles. The van der Waals surface area contributed by atoms with Gasteiger partial charge in [0, 0.05) is 17.9 Å². The van der Waals surface area contributed by atoms with Crippen molar-refractivity contribution >= 4 is 27.3 Å². The predicted molar refractivity (Wildman–Crippen MR) is 121 cm³/mol. The second-order valence-electron chi connectivity index (χ2n) is 8.09. The van der Waals surface area contributed by atoms with Gasteiger partial charge in [-0.1, -0.05) is 0 Å². The van der Waals surface area contributed by atoms with Gasteiger partial charge in [-0.25, -0.2) is 8.42 Å². The molecule has 1 amide bonds. The van der Waals surface area contributed by atoms with Crippen LogP contribution in [0, 0.1) is 34.6 Å². The Hall–Kier alpha value is -3.06. The summed E-state index contributed by atoms with van der Waals surface area (Å²) >= 11 is 0. The van der Waals surface area contributed by atoms with Crippen molar-refractivity contribution in [3.63, 3.8) is 0 Å². The molecule has 3 aromatic rings. The maximum atomic E-state index is 13.3. The Morgan fingerprint density at radius 3 is 2.23 bits per heavy atom. The fraction of sp³-hybridized carbons (Fsp3) is 0.292. The highest BCUT2D eigenvalue weighted by atomic mass is 32.2. The lowest BCUT2D eigenvalue weighted by Crippen LogP contribution is -2.28. The van der Waals surface area contributed by atoms with E-state index in [-0.39, 0.29) is 11.7 Å². The first-order valence-electron chi connectivity index (χ1n) is 10.2. The minimum absolute atomic E-state index is 0.200. The van der Waals surface area contributed by atoms with Crippen molar-refractivity contribution in [2.45, 2.75) is 45.9 Å². The number of amides is 1. The van der Waals surface area contributed by atoms with E-state index in [1.54, 1.807) is 35.2 Å². The van der Waals surface area contributed by atoms with Gasteiger partial charge >= 0.3 is 0 Å². The number of nitrogens with one attached hydrogen (secondary N) is 1. The Kier molecular flexibility index (Phi) is 5.17. The van der Waals surface area contributed by atoms with Gasteiger partial charge in [-0.2, -0.15) is 0 Å². The fourth-order valence-electron chi connectivity index (χ4n) is 4.28. The normalized spacial score (nSPS) is 13.4. The van der Waals surface area contributed by atoms with Gasteiger partial charge < -0.3 is 9.32 Å². The van der Waals surface area contributed by atoms with Crippen molar-refractivity contribution in [2.75, 3.05) is 16.2 Å². The Bertz CT molecular complexity index is 1260. The lowest BCUT2D eigenvalue weighted by molar-refractivity contribution is 0.0963. The van der Waals surface area contributed by atoms with Crippen LogP contribution in [0.2, 0.25) is 0 Å². The predicted octanol–water partition coefficient (Wildman–Crippen LogP) is 4.83. The Morgan fingerprint density at radius 1 is 0.968 bits per heavy atom. The van der Waals surface area contributed by atoms with Crippen LogP contribution in [-0.4, -0.2) is 20.9 Å². The van der Waals surface area contributed by atoms with Gasteiger partial charge in [0.15, 0.2) is 5.76 Å². The molecule has 0 fully saturated rings. The molecule has 0 aliphatic carbocycles. The minimum atomic E-state index is -3.76. The van der Waals surface area contributed by atoms with Gasteiger partial charge in [-0.3, -0.25) is 9.52 Å². The number of nitrogens with zero attached hydrogens (tertiary/aromatic N) is 1. The van der Waals surface area contributed by atoms with E-state index in [0.717, 1.165) is 39.1 Å². The number of hydrogen-bond acceptors (Lipinski definition) is 4. The summed E-state index contributed by atoms with van der Waals surface area (Å²) in [6, 6.07) is 8.61. The zero-order chi connectivity index (χ0) is 22.5. The average molecular weight is 439 g/mol. The SMILES string of the molecule is Cc1c(C)c(C)c(S(=O)(=O)Nc2ccc3c(c2)CCN3C(=O)c2ccco2)c(C)c1C. The fourth-order valence-corrected chi connectivity index (χ4v) is 5.94. The summed E-state index contributed by atoms with van der Waals surface area (Å²) in [5.74, 6) is 0.0858. The van der Waals surface area contributed by atoms with E-state index >= 15 is 0 Å². The quantitative estimate of drug-likeness (QED) is 0.633. The van der Waals surface area contributed by atoms with Crippen molar-refractivity contribution < 1.29 is 17.6 Å². The van der Waals surface area contributed by atoms with Gasteiger partial charge in [-0.05, 0) is 105 Å². The topological polar surface area (TPSA) is 79.6 Å². The van der Waals surface area contributed by atoms with E-state index in [0.29, 0.717) is 23.5 Å². The molecule has 0 saturated heterocycles. The second kappa shape index (κ2) is 7.57. The Labute approximate surface area is 182 Å². The monoisotopic (exact) mass is 438 g/mol. The number of furan rings is 1. The van der Waals surface area contributed by atoms with Gasteiger partial charge in [-0.15, -0.1) is 0 Å². The van der Waals surface area contributed by atoms with Gasteiger partial charge in [0.05, 0.1) is 11.2 Å². The summed E-state index contributed by atoms with van der Waals surface area (Å²) in [5, 5.41) is 0. The van der Waals surface area contributed by atoms with E-state index in [2.05, 4.69) is 4.72 Å². The number of fused-ring (bicyclic) bond motifs is 1. The lowest BCUT2D eigenvalue weighted by atomic mass is 9.95. The van der Waals surface area contributed by atoms with E-state index < -0.39 is 10.0 Å². The number of carbonyl (C=O) groups is 1. The largest absolute Gasteiger partial charge is 0.459 e. The molecule has 1 N–H and O–H groups in total. The van der Waals surface area contributed by atoms with Crippen LogP contribution in [0.5, 0.6) is 0 Å². The van der Waals surface area contributed by atoms with Gasteiger partial charge in [0.2, 0.25) is 0 Å². The van der Waals surface area contributed by atoms with Crippen LogP contribution in [0.15, 0.2) is 45.9 Å². The highest BCUT2D eigenvalue weighted by Gasteiger charge is 2.28. The van der Waals surface area contributed by atoms with Gasteiger partial charge in [0.1, 0.15) is 0 Å². The third-order valence-electron chi connectivity index (χ3n) is 6.40. The molecule has 7 heteroatoms. The smallest absolute Gasteiger partial charge is 0.293 e. The number of anilines is 2. The van der Waals surface area contributed by atoms with Crippen molar-refractivity contribution in [2.24, 2.45) is 0 Å². The molecule has 2 aromatic carbocycles. The molecular weight excluding hydrogens is 412 g/mol. The number of rotatable bonds is 4. The molecule has 1 aliphatic rings. The van der Waals surface area contributed by atoms with Crippen molar-refractivity contribution in [1.82, 2.24) is 0 Å². The number of benzene rings is 2. The highest BCUT2D eigenvalue weighted by molar-refractivity contribution is 7.92. The zero-order valence-corrected chi connectivity index (χ0v) is 19.2. The first-order chi connectivity index (χ1) is 14.6. The maximum Gasteiger partial charge on any atom is 0.293 e. The molecule has 6 nitrogen and oxygen atoms in total. The van der Waals surface area contributed by atoms with Crippen LogP contribution in [0.1, 0.15) is 43.9 Å². The summed E-state index contributed by atoms with van der Waals surface area (Å²) in [7, 11) is -3.76. The van der Waals surface area contributed by atoms with E-state index in [4.69, 9.17) is 4.42 Å². The summed E-state index contributed by atoms with van der Waals surface area (Å²) < 4.78 is 34.6. The molecule has 2 heterocycles. The van der Waals surface area contributed by atoms with Crippen LogP contribution >= 0.6 is 0 Å². The first-order valence-corrected chi connectivity index (χ1v) is 11.7. The average Bonchev–Trinajstić information content (AvgIpc) is 3.39. The van der Waals surface area contributed by atoms with Crippen LogP contribution in [0.3, 0.4) is 0 Å². The Balaban J connectivity index is 1.66. The van der Waals surface area contributed by atoms with Crippen molar-refractivity contribution in [3.05, 3.63) is 75.7 Å². The molecule has 0 radical (unpaired) electrons. The minimum Gasteiger partial charge on any atom is -0.459 e. The maximum absolute atomic E-state index is 13.3. The summed E-state index contributed by atoms with van der Waals surface area (Å²) in [4.78, 5) is 14.7. The Morgan fingerprint density at radius 2 is 1.61 bits per heavy atom. The molecule has 0 spiro atoms. The number of carbonyl (C=O) groups excluding carboxylic acids is 1. The molecule has 4 rings (SSSR count). The summed E-state index contributed by atoms with van der Waals surface area (Å²) in [6.45, 7) is 10.2. The number of sulfonamides is 1. The number of hydrogen-bond donors (Lipinski definition) is 1. The molecule has 31 heavy (non-hydrogen) atoms. The lowest BCUT2D eigenvalue weighted by Gasteiger charge is -2.20. The first kappa shape index (κ1) is 21.2. The van der Waals surface area contributed by atoms with Crippen LogP contribution < -0.4 is 9.62 Å². The van der Waals surface area contributed by atoms with E-state index in [9.17, 15) is 13.2 Å². The van der Waals surface area contributed by atoms with Crippen LogP contribution in [0.25, 0.3) is 0 Å².